The van der Waals surface area contributed by atoms with Gasteiger partial charge in [0.2, 0.25) is 10.0 Å². The van der Waals surface area contributed by atoms with Crippen molar-refractivity contribution in [2.75, 3.05) is 19.8 Å². The fraction of sp³-hybridized carbons (Fsp3) is 0.400. The summed E-state index contributed by atoms with van der Waals surface area (Å²) < 4.78 is 24.3. The van der Waals surface area contributed by atoms with Crippen LogP contribution >= 0.6 is 24.4 Å². The second-order valence-corrected chi connectivity index (χ2v) is 8.29. The van der Waals surface area contributed by atoms with E-state index in [4.69, 9.17) is 24.4 Å². The van der Waals surface area contributed by atoms with Gasteiger partial charge in [0.05, 0.1) is 4.99 Å². The predicted octanol–water partition coefficient (Wildman–Crippen LogP) is 0.829. The molecule has 1 saturated carbocycles. The Labute approximate surface area is 158 Å². The molecule has 1 amide bonds. The summed E-state index contributed by atoms with van der Waals surface area (Å²) in [5, 5.41) is 2.61. The van der Waals surface area contributed by atoms with Gasteiger partial charge >= 0.3 is 0 Å². The first-order chi connectivity index (χ1) is 11.7. The number of carbonyl (C=O) groups is 1. The Morgan fingerprint density at radius 2 is 1.76 bits per heavy atom. The van der Waals surface area contributed by atoms with E-state index in [9.17, 15) is 13.2 Å². The summed E-state index contributed by atoms with van der Waals surface area (Å²) in [6.07, 6.45) is 2.00. The highest BCUT2D eigenvalue weighted by atomic mass is 32.2. The van der Waals surface area contributed by atoms with Crippen molar-refractivity contribution in [3.05, 3.63) is 35.9 Å². The normalized spacial score (nSPS) is 13.8. The van der Waals surface area contributed by atoms with Crippen molar-refractivity contribution in [2.45, 2.75) is 12.8 Å². The molecule has 7 nitrogen and oxygen atoms in total. The minimum atomic E-state index is -3.90. The minimum absolute atomic E-state index is 0.296. The van der Waals surface area contributed by atoms with Crippen LogP contribution in [-0.2, 0) is 14.8 Å². The van der Waals surface area contributed by atoms with Gasteiger partial charge in [0.25, 0.3) is 5.91 Å². The molecule has 0 atom stereocenters. The Kier molecular flexibility index (Phi) is 6.44. The molecule has 136 valence electrons. The molecule has 1 fully saturated rings. The van der Waals surface area contributed by atoms with Crippen molar-refractivity contribution in [2.24, 2.45) is 5.92 Å². The van der Waals surface area contributed by atoms with E-state index in [1.165, 1.54) is 17.1 Å². The van der Waals surface area contributed by atoms with Crippen molar-refractivity contribution in [1.29, 1.82) is 0 Å². The zero-order valence-corrected chi connectivity index (χ0v) is 16.4. The number of rotatable bonds is 6. The molecule has 0 aliphatic heterocycles. The lowest BCUT2D eigenvalue weighted by molar-refractivity contribution is -0.121. The average molecular weight is 401 g/mol. The molecule has 0 saturated heterocycles. The van der Waals surface area contributed by atoms with Crippen LogP contribution in [0, 0.1) is 5.92 Å². The first-order valence-electron chi connectivity index (χ1n) is 7.60. The topological polar surface area (TPSA) is 81.8 Å². The Hall–Kier alpha value is -1.62. The molecule has 0 spiro atoms. The van der Waals surface area contributed by atoms with E-state index in [-0.39, 0.29) is 0 Å². The van der Waals surface area contributed by atoms with Crippen molar-refractivity contribution < 1.29 is 13.2 Å². The van der Waals surface area contributed by atoms with E-state index in [0.717, 1.165) is 12.8 Å². The van der Waals surface area contributed by atoms with E-state index in [1.807, 2.05) is 6.07 Å². The van der Waals surface area contributed by atoms with Gasteiger partial charge in [0.15, 0.2) is 0 Å². The number of carbonyl (C=O) groups excluding carboxylic acids is 1. The lowest BCUT2D eigenvalue weighted by Crippen LogP contribution is -2.49. The molecular weight excluding hydrogens is 380 g/mol. The number of benzene rings is 1. The molecule has 1 aromatic carbocycles. The molecule has 0 bridgehead atoms. The number of nitrogens with zero attached hydrogens (tertiary/aromatic N) is 2. The van der Waals surface area contributed by atoms with Crippen LogP contribution < -0.4 is 10.3 Å². The van der Waals surface area contributed by atoms with Crippen molar-refractivity contribution in [3.8, 4) is 0 Å². The molecule has 2 N–H and O–H groups in total. The van der Waals surface area contributed by atoms with Crippen LogP contribution in [-0.4, -0.2) is 54.2 Å². The van der Waals surface area contributed by atoms with E-state index in [2.05, 4.69) is 10.3 Å². The van der Waals surface area contributed by atoms with Gasteiger partial charge < -0.3 is 0 Å². The van der Waals surface area contributed by atoms with Crippen LogP contribution in [0.25, 0.3) is 0 Å². The lowest BCUT2D eigenvalue weighted by Gasteiger charge is -2.23. The van der Waals surface area contributed by atoms with Gasteiger partial charge in [0.1, 0.15) is 10.7 Å². The third kappa shape index (κ3) is 5.99. The highest BCUT2D eigenvalue weighted by Gasteiger charge is 2.29. The largest absolute Gasteiger partial charge is 0.287 e. The molecule has 0 radical (unpaired) electrons. The zero-order valence-electron chi connectivity index (χ0n) is 13.9. The molecule has 1 aliphatic carbocycles. The molecule has 0 heterocycles. The first kappa shape index (κ1) is 19.7. The molecule has 2 rings (SSSR count). The van der Waals surface area contributed by atoms with E-state index in [1.54, 1.807) is 31.3 Å². The summed E-state index contributed by atoms with van der Waals surface area (Å²) in [5.74, 6) is -1.10. The number of nitrogens with one attached hydrogen (secondary N) is 2. The number of hydrazine groups is 2. The van der Waals surface area contributed by atoms with Crippen LogP contribution in [0.3, 0.4) is 0 Å². The van der Waals surface area contributed by atoms with Gasteiger partial charge in [-0.3, -0.25) is 20.2 Å². The van der Waals surface area contributed by atoms with Gasteiger partial charge in [-0.1, -0.05) is 54.8 Å². The molecule has 25 heavy (non-hydrogen) atoms. The summed E-state index contributed by atoms with van der Waals surface area (Å²) in [5.41, 5.74) is 3.17. The highest BCUT2D eigenvalue weighted by Crippen LogP contribution is 2.31. The Balaban J connectivity index is 1.88. The molecule has 0 aromatic heterocycles. The SMILES string of the molecule is CN(NS(=O)(=O)CC(=O)NN(C)C(=S)C1CC1)C(=S)c1ccccc1. The van der Waals surface area contributed by atoms with Crippen LogP contribution in [0.5, 0.6) is 0 Å². The number of thiocarbonyl (C=S) groups is 2. The standard InChI is InChI=1S/C15H20N4O3S3/c1-18(14(23)12-8-9-12)16-13(20)10-25(21,22)17-19(2)15(24)11-6-4-3-5-7-11/h3-7,12,17H,8-10H2,1-2H3,(H,16,20). The van der Waals surface area contributed by atoms with E-state index in [0.29, 0.717) is 21.5 Å². The Morgan fingerprint density at radius 3 is 2.32 bits per heavy atom. The van der Waals surface area contributed by atoms with Gasteiger partial charge in [0, 0.05) is 25.6 Å². The van der Waals surface area contributed by atoms with Gasteiger partial charge in [-0.25, -0.2) is 8.42 Å². The summed E-state index contributed by atoms with van der Waals surface area (Å²) in [4.78, 5) is 15.1. The molecular formula is C15H20N4O3S3. The molecule has 1 aliphatic rings. The van der Waals surface area contributed by atoms with Crippen molar-refractivity contribution in [3.63, 3.8) is 0 Å². The maximum absolute atomic E-state index is 12.2. The molecule has 10 heteroatoms. The third-order valence-electron chi connectivity index (χ3n) is 3.47. The Bertz CT molecular complexity index is 763. The number of hydrogen-bond donors (Lipinski definition) is 2. The zero-order chi connectivity index (χ0) is 18.6. The van der Waals surface area contributed by atoms with Crippen LogP contribution in [0.1, 0.15) is 18.4 Å². The Morgan fingerprint density at radius 1 is 1.16 bits per heavy atom. The van der Waals surface area contributed by atoms with Crippen LogP contribution in [0.15, 0.2) is 30.3 Å². The molecule has 1 aromatic rings. The second-order valence-electron chi connectivity index (χ2n) is 5.79. The van der Waals surface area contributed by atoms with Gasteiger partial charge in [-0.05, 0) is 12.8 Å². The van der Waals surface area contributed by atoms with E-state index >= 15 is 0 Å². The average Bonchev–Trinajstić information content (AvgIpc) is 3.37. The monoisotopic (exact) mass is 400 g/mol. The summed E-state index contributed by atoms with van der Waals surface area (Å²) in [7, 11) is -0.811. The predicted molar refractivity (Wildman–Crippen MR) is 104 cm³/mol. The first-order valence-corrected chi connectivity index (χ1v) is 10.1. The van der Waals surface area contributed by atoms with Gasteiger partial charge in [-0.2, -0.15) is 0 Å². The number of hydrogen-bond acceptors (Lipinski definition) is 5. The van der Waals surface area contributed by atoms with Crippen molar-refractivity contribution >= 4 is 50.3 Å². The fourth-order valence-electron chi connectivity index (χ4n) is 2.11. The van der Waals surface area contributed by atoms with Crippen LogP contribution in [0.4, 0.5) is 0 Å². The fourth-order valence-corrected chi connectivity index (χ4v) is 3.61. The maximum atomic E-state index is 12.2. The number of sulfonamides is 1. The smallest absolute Gasteiger partial charge is 0.255 e. The second kappa shape index (κ2) is 8.17. The summed E-state index contributed by atoms with van der Waals surface area (Å²) in [6.45, 7) is 0. The van der Waals surface area contributed by atoms with Gasteiger partial charge in [-0.15, -0.1) is 4.83 Å². The van der Waals surface area contributed by atoms with E-state index < -0.39 is 21.7 Å². The number of amides is 1. The quantitative estimate of drug-likeness (QED) is 0.541. The lowest BCUT2D eigenvalue weighted by atomic mass is 10.2. The van der Waals surface area contributed by atoms with Crippen LogP contribution in [0.2, 0.25) is 0 Å². The highest BCUT2D eigenvalue weighted by molar-refractivity contribution is 7.90. The van der Waals surface area contributed by atoms with Crippen molar-refractivity contribution in [1.82, 2.24) is 20.3 Å². The summed E-state index contributed by atoms with van der Waals surface area (Å²) in [6, 6.07) is 8.98. The molecule has 0 unspecified atom stereocenters. The third-order valence-corrected chi connectivity index (χ3v) is 5.78. The summed E-state index contributed by atoms with van der Waals surface area (Å²) >= 11 is 10.4. The maximum Gasteiger partial charge on any atom is 0.255 e. The minimum Gasteiger partial charge on any atom is -0.287 e.